The Morgan fingerprint density at radius 1 is 1.22 bits per heavy atom. The largest absolute Gasteiger partial charge is 0.403 e. The molecule has 1 spiro atoms. The Hall–Kier alpha value is -1.89. The Labute approximate surface area is 278 Å². The van der Waals surface area contributed by atoms with Gasteiger partial charge in [0.2, 0.25) is 0 Å². The van der Waals surface area contributed by atoms with Gasteiger partial charge in [0.1, 0.15) is 5.82 Å². The third-order valence-electron chi connectivity index (χ3n) is 10.9. The van der Waals surface area contributed by atoms with Crippen LogP contribution in [0.4, 0.5) is 4.39 Å². The first-order valence-corrected chi connectivity index (χ1v) is 18.5. The fraction of sp³-hybridized carbons (Fsp3) is 0.711. The Morgan fingerprint density at radius 3 is 2.89 bits per heavy atom. The predicted octanol–water partition coefficient (Wildman–Crippen LogP) is 8.47. The van der Waals surface area contributed by atoms with Crippen molar-refractivity contribution in [3.63, 3.8) is 0 Å². The first-order chi connectivity index (χ1) is 21.8. The maximum absolute atomic E-state index is 15.2. The van der Waals surface area contributed by atoms with Gasteiger partial charge in [-0.15, -0.1) is 0 Å². The molecule has 1 aliphatic carbocycles. The van der Waals surface area contributed by atoms with Crippen LogP contribution in [0.5, 0.6) is 0 Å². The second-order valence-electron chi connectivity index (χ2n) is 14.4. The molecule has 4 N–H and O–H groups in total. The van der Waals surface area contributed by atoms with Crippen molar-refractivity contribution >= 4 is 17.8 Å². The fourth-order valence-corrected chi connectivity index (χ4v) is 8.21. The number of benzene rings is 1. The second kappa shape index (κ2) is 18.4. The van der Waals surface area contributed by atoms with Gasteiger partial charge < -0.3 is 16.0 Å². The average molecular weight is 642 g/mol. The van der Waals surface area contributed by atoms with Crippen molar-refractivity contribution < 1.29 is 4.39 Å². The van der Waals surface area contributed by atoms with Crippen molar-refractivity contribution in [1.29, 1.82) is 0 Å². The van der Waals surface area contributed by atoms with Gasteiger partial charge in [-0.2, -0.15) is 0 Å². The van der Waals surface area contributed by atoms with E-state index >= 15 is 4.39 Å². The molecule has 252 valence electrons. The maximum Gasteiger partial charge on any atom is 0.127 e. The molecule has 5 nitrogen and oxygen atoms in total. The highest BCUT2D eigenvalue weighted by atomic mass is 35.5. The van der Waals surface area contributed by atoms with Crippen LogP contribution in [0.25, 0.3) is 0 Å². The lowest BCUT2D eigenvalue weighted by Gasteiger charge is -2.33. The molecule has 2 aliphatic heterocycles. The SMILES string of the molecule is C=C(Cc1ccc(CCCCC2CCCC(/N=C\C(Cl)=C/N)NCC2)cc1F)N1CCC2(CCCC2NCCC(C)CCC)C1. The molecule has 0 radical (unpaired) electrons. The van der Waals surface area contributed by atoms with Crippen LogP contribution in [0.2, 0.25) is 0 Å². The molecule has 5 unspecified atom stereocenters. The summed E-state index contributed by atoms with van der Waals surface area (Å²) in [6, 6.07) is 6.53. The Bertz CT molecular complexity index is 1110. The molecule has 0 amide bonds. The number of unbranched alkanes of at least 4 members (excludes halogenated alkanes) is 1. The summed E-state index contributed by atoms with van der Waals surface area (Å²) >= 11 is 5.94. The van der Waals surface area contributed by atoms with Crippen LogP contribution in [0.3, 0.4) is 0 Å². The maximum atomic E-state index is 15.2. The molecule has 0 aromatic heterocycles. The molecular weight excluding hydrogens is 581 g/mol. The number of aliphatic imine (C=N–C) groups is 1. The smallest absolute Gasteiger partial charge is 0.127 e. The Morgan fingerprint density at radius 2 is 2.09 bits per heavy atom. The van der Waals surface area contributed by atoms with Gasteiger partial charge in [0.15, 0.2) is 0 Å². The molecule has 1 aromatic carbocycles. The number of halogens is 2. The van der Waals surface area contributed by atoms with Gasteiger partial charge in [-0.1, -0.05) is 82.7 Å². The van der Waals surface area contributed by atoms with Crippen LogP contribution in [0.1, 0.15) is 115 Å². The number of hydrogen-bond donors (Lipinski definition) is 3. The van der Waals surface area contributed by atoms with Gasteiger partial charge >= 0.3 is 0 Å². The molecule has 0 bridgehead atoms. The zero-order valence-electron chi connectivity index (χ0n) is 28.3. The van der Waals surface area contributed by atoms with Gasteiger partial charge in [0, 0.05) is 49.1 Å². The highest BCUT2D eigenvalue weighted by molar-refractivity contribution is 6.39. The quantitative estimate of drug-likeness (QED) is 0.125. The van der Waals surface area contributed by atoms with Gasteiger partial charge in [-0.25, -0.2) is 4.39 Å². The number of nitrogens with two attached hydrogens (primary N) is 1. The third kappa shape index (κ3) is 11.1. The summed E-state index contributed by atoms with van der Waals surface area (Å²) < 4.78 is 15.2. The van der Waals surface area contributed by atoms with Crippen LogP contribution in [-0.2, 0) is 12.8 Å². The topological polar surface area (TPSA) is 65.7 Å². The number of nitrogens with one attached hydrogen (secondary N) is 2. The van der Waals surface area contributed by atoms with Gasteiger partial charge in [-0.05, 0) is 99.9 Å². The lowest BCUT2D eigenvalue weighted by atomic mass is 9.81. The molecule has 3 fully saturated rings. The number of nitrogens with zero attached hydrogens (tertiary/aromatic N) is 2. The van der Waals surface area contributed by atoms with Crippen LogP contribution in [-0.4, -0.2) is 49.5 Å². The number of rotatable bonds is 16. The van der Waals surface area contributed by atoms with E-state index in [1.54, 1.807) is 12.3 Å². The molecule has 4 rings (SSSR count). The van der Waals surface area contributed by atoms with E-state index in [0.29, 0.717) is 22.9 Å². The molecule has 3 aliphatic rings. The van der Waals surface area contributed by atoms with E-state index in [1.165, 1.54) is 76.8 Å². The monoisotopic (exact) mass is 641 g/mol. The first-order valence-electron chi connectivity index (χ1n) is 18.1. The van der Waals surface area contributed by atoms with Crippen LogP contribution in [0.15, 0.2) is 46.7 Å². The fourth-order valence-electron chi connectivity index (χ4n) is 8.16. The first kappa shape index (κ1) is 36.0. The highest BCUT2D eigenvalue weighted by Gasteiger charge is 2.47. The molecule has 2 saturated heterocycles. The number of hydrogen-bond acceptors (Lipinski definition) is 5. The number of likely N-dealkylation sites (tertiary alicyclic amines) is 1. The van der Waals surface area contributed by atoms with Gasteiger partial charge in [-0.3, -0.25) is 10.3 Å². The van der Waals surface area contributed by atoms with Crippen molar-refractivity contribution in [3.05, 3.63) is 58.7 Å². The van der Waals surface area contributed by atoms with E-state index in [2.05, 4.69) is 47.0 Å². The standard InChI is InChI=1S/C38H61ClFN5/c1-4-9-29(2)17-21-42-36-13-8-19-38(36)20-23-45(28-38)30(3)24-33-16-15-32(25-35(33)40)11-6-5-10-31-12-7-14-37(43-22-18-31)44-27-34(39)26-41/h15-16,25-27,29,31,36-37,42-43H,3-14,17-24,28,41H2,1-2H3/b34-26+,44-27-. The summed E-state index contributed by atoms with van der Waals surface area (Å²) in [5.41, 5.74) is 8.75. The highest BCUT2D eigenvalue weighted by Crippen LogP contribution is 2.46. The van der Waals surface area contributed by atoms with E-state index in [1.807, 2.05) is 6.07 Å². The van der Waals surface area contributed by atoms with E-state index in [-0.39, 0.29) is 12.0 Å². The molecule has 45 heavy (non-hydrogen) atoms. The van der Waals surface area contributed by atoms with E-state index in [0.717, 1.165) is 80.5 Å². The molecular formula is C38H61ClFN5. The number of aryl methyl sites for hydroxylation is 1. The normalized spacial score (nSPS) is 26.9. The van der Waals surface area contributed by atoms with Crippen molar-refractivity contribution in [2.24, 2.45) is 28.0 Å². The van der Waals surface area contributed by atoms with E-state index in [4.69, 9.17) is 17.3 Å². The van der Waals surface area contributed by atoms with E-state index in [9.17, 15) is 0 Å². The minimum atomic E-state index is -0.0734. The Kier molecular flexibility index (Phi) is 14.7. The number of allylic oxidation sites excluding steroid dienone is 2. The van der Waals surface area contributed by atoms with Crippen LogP contribution < -0.4 is 16.4 Å². The molecule has 7 heteroatoms. The van der Waals surface area contributed by atoms with Crippen molar-refractivity contribution in [2.75, 3.05) is 26.2 Å². The zero-order chi connectivity index (χ0) is 32.1. The molecule has 1 saturated carbocycles. The molecule has 5 atom stereocenters. The summed E-state index contributed by atoms with van der Waals surface area (Å²) in [4.78, 5) is 6.98. The summed E-state index contributed by atoms with van der Waals surface area (Å²) in [5, 5.41) is 7.96. The second-order valence-corrected chi connectivity index (χ2v) is 14.9. The van der Waals surface area contributed by atoms with Gasteiger partial charge in [0.05, 0.1) is 11.2 Å². The average Bonchev–Trinajstić information content (AvgIpc) is 3.63. The summed E-state index contributed by atoms with van der Waals surface area (Å²) in [7, 11) is 0. The predicted molar refractivity (Wildman–Crippen MR) is 190 cm³/mol. The minimum absolute atomic E-state index is 0.0734. The molecule has 1 aromatic rings. The van der Waals surface area contributed by atoms with Crippen LogP contribution >= 0.6 is 11.6 Å². The Balaban J connectivity index is 1.16. The summed E-state index contributed by atoms with van der Waals surface area (Å²) in [6.07, 6.45) is 21.8. The molecule has 2 heterocycles. The van der Waals surface area contributed by atoms with Crippen LogP contribution in [0, 0.1) is 23.1 Å². The van der Waals surface area contributed by atoms with Crippen molar-refractivity contribution in [3.8, 4) is 0 Å². The third-order valence-corrected chi connectivity index (χ3v) is 11.2. The summed E-state index contributed by atoms with van der Waals surface area (Å²) in [6.45, 7) is 13.3. The van der Waals surface area contributed by atoms with Gasteiger partial charge in [0.25, 0.3) is 0 Å². The van der Waals surface area contributed by atoms with E-state index < -0.39 is 0 Å². The van der Waals surface area contributed by atoms with Crippen molar-refractivity contribution in [1.82, 2.24) is 15.5 Å². The zero-order valence-corrected chi connectivity index (χ0v) is 29.0. The lowest BCUT2D eigenvalue weighted by Crippen LogP contribution is -2.43. The lowest BCUT2D eigenvalue weighted by molar-refractivity contribution is 0.225. The van der Waals surface area contributed by atoms with Crippen molar-refractivity contribution in [2.45, 2.75) is 129 Å². The summed E-state index contributed by atoms with van der Waals surface area (Å²) in [5.74, 6) is 1.47. The minimum Gasteiger partial charge on any atom is -0.403 e.